The van der Waals surface area contributed by atoms with E-state index in [1.807, 2.05) is 51.1 Å². The fraction of sp³-hybridized carbons (Fsp3) is 0.417. The van der Waals surface area contributed by atoms with Gasteiger partial charge in [-0.3, -0.25) is 13.9 Å². The molecule has 0 saturated heterocycles. The number of hydrogen-bond donors (Lipinski definition) is 1. The number of nitrogens with zero attached hydrogens (tertiary/aromatic N) is 2. The molecule has 0 aliphatic carbocycles. The van der Waals surface area contributed by atoms with Crippen LogP contribution in [0.15, 0.2) is 48.5 Å². The minimum Gasteiger partial charge on any atom is -0.352 e. The largest absolute Gasteiger partial charge is 0.352 e. The van der Waals surface area contributed by atoms with Crippen LogP contribution in [0.5, 0.6) is 0 Å². The Balaban J connectivity index is 2.44. The van der Waals surface area contributed by atoms with Crippen molar-refractivity contribution in [3.63, 3.8) is 0 Å². The minimum absolute atomic E-state index is 0.0596. The van der Waals surface area contributed by atoms with Gasteiger partial charge in [0.05, 0.1) is 17.0 Å². The van der Waals surface area contributed by atoms with Crippen molar-refractivity contribution in [1.82, 2.24) is 10.2 Å². The number of sulfonamides is 1. The number of amides is 2. The maximum atomic E-state index is 13.6. The first-order valence-electron chi connectivity index (χ1n) is 11.0. The van der Waals surface area contributed by atoms with Crippen molar-refractivity contribution in [2.24, 2.45) is 0 Å². The highest BCUT2D eigenvalue weighted by atomic mass is 35.5. The first kappa shape index (κ1) is 28.0. The van der Waals surface area contributed by atoms with Gasteiger partial charge in [0.25, 0.3) is 0 Å². The van der Waals surface area contributed by atoms with E-state index in [2.05, 4.69) is 5.32 Å². The molecule has 7 nitrogen and oxygen atoms in total. The van der Waals surface area contributed by atoms with Crippen LogP contribution in [0.4, 0.5) is 5.69 Å². The number of anilines is 1. The summed E-state index contributed by atoms with van der Waals surface area (Å²) >= 11 is 12.2. The Morgan fingerprint density at radius 1 is 1.03 bits per heavy atom. The van der Waals surface area contributed by atoms with E-state index in [0.29, 0.717) is 11.4 Å². The SMILES string of the molecule is CC[C@H](C(=O)N[C@@H](C)CC)N(Cc1ccccc1)C(=O)CN(c1ccc(Cl)cc1Cl)S(C)(=O)=O. The van der Waals surface area contributed by atoms with Gasteiger partial charge in [0, 0.05) is 17.6 Å². The third-order valence-electron chi connectivity index (χ3n) is 5.44. The second-order valence-corrected chi connectivity index (χ2v) is 10.9. The number of halogens is 2. The standard InChI is InChI=1S/C24H31Cl2N3O4S/c1-5-17(3)27-24(31)21(6-2)28(15-18-10-8-7-9-11-18)23(30)16-29(34(4,32)33)22-13-12-19(25)14-20(22)26/h7-14,17,21H,5-6,15-16H2,1-4H3,(H,27,31)/t17-,21+/m0/s1. The molecule has 2 aromatic carbocycles. The monoisotopic (exact) mass is 527 g/mol. The smallest absolute Gasteiger partial charge is 0.244 e. The molecule has 0 radical (unpaired) electrons. The molecule has 0 aliphatic heterocycles. The lowest BCUT2D eigenvalue weighted by atomic mass is 10.1. The lowest BCUT2D eigenvalue weighted by Crippen LogP contribution is -2.53. The van der Waals surface area contributed by atoms with E-state index in [0.717, 1.165) is 22.5 Å². The van der Waals surface area contributed by atoms with Gasteiger partial charge >= 0.3 is 0 Å². The van der Waals surface area contributed by atoms with Gasteiger partial charge in [-0.2, -0.15) is 0 Å². The number of benzene rings is 2. The number of carbonyl (C=O) groups is 2. The van der Waals surface area contributed by atoms with Crippen LogP contribution in [-0.2, 0) is 26.2 Å². The molecule has 1 N–H and O–H groups in total. The zero-order valence-corrected chi connectivity index (χ0v) is 22.1. The normalized spacial score (nSPS) is 13.1. The lowest BCUT2D eigenvalue weighted by molar-refractivity contribution is -0.140. The lowest BCUT2D eigenvalue weighted by Gasteiger charge is -2.33. The van der Waals surface area contributed by atoms with Crippen LogP contribution < -0.4 is 9.62 Å². The van der Waals surface area contributed by atoms with Crippen LogP contribution in [0.2, 0.25) is 10.0 Å². The molecule has 186 valence electrons. The van der Waals surface area contributed by atoms with E-state index in [1.54, 1.807) is 0 Å². The topological polar surface area (TPSA) is 86.8 Å². The fourth-order valence-corrected chi connectivity index (χ4v) is 4.84. The van der Waals surface area contributed by atoms with Crippen molar-refractivity contribution < 1.29 is 18.0 Å². The summed E-state index contributed by atoms with van der Waals surface area (Å²) in [7, 11) is -3.87. The Morgan fingerprint density at radius 3 is 2.21 bits per heavy atom. The minimum atomic E-state index is -3.87. The molecule has 0 spiro atoms. The Hall–Kier alpha value is -2.29. The Labute approximate surface area is 212 Å². The zero-order valence-electron chi connectivity index (χ0n) is 19.8. The predicted octanol–water partition coefficient (Wildman–Crippen LogP) is 4.48. The van der Waals surface area contributed by atoms with Crippen LogP contribution in [0, 0.1) is 0 Å². The summed E-state index contributed by atoms with van der Waals surface area (Å²) in [6, 6.07) is 12.8. The first-order valence-corrected chi connectivity index (χ1v) is 13.6. The average molecular weight is 529 g/mol. The molecule has 0 saturated carbocycles. The van der Waals surface area contributed by atoms with E-state index in [-0.39, 0.29) is 29.2 Å². The number of carbonyl (C=O) groups excluding carboxylic acids is 2. The molecular formula is C24H31Cl2N3O4S. The molecule has 0 bridgehead atoms. The Kier molecular flexibility index (Phi) is 10.2. The summed E-state index contributed by atoms with van der Waals surface area (Å²) in [5.41, 5.74) is 0.958. The van der Waals surface area contributed by atoms with E-state index in [1.165, 1.54) is 23.1 Å². The molecule has 10 heteroatoms. The second kappa shape index (κ2) is 12.4. The Bertz CT molecular complexity index is 1100. The van der Waals surface area contributed by atoms with Gasteiger partial charge in [0.2, 0.25) is 21.8 Å². The van der Waals surface area contributed by atoms with Crippen molar-refractivity contribution in [3.05, 3.63) is 64.1 Å². The summed E-state index contributed by atoms with van der Waals surface area (Å²) < 4.78 is 26.2. The van der Waals surface area contributed by atoms with E-state index >= 15 is 0 Å². The van der Waals surface area contributed by atoms with Gasteiger partial charge in [-0.05, 0) is 43.5 Å². The van der Waals surface area contributed by atoms with E-state index in [4.69, 9.17) is 23.2 Å². The van der Waals surface area contributed by atoms with Gasteiger partial charge in [0.1, 0.15) is 12.6 Å². The maximum absolute atomic E-state index is 13.6. The molecule has 0 aliphatic rings. The van der Waals surface area contributed by atoms with E-state index in [9.17, 15) is 18.0 Å². The van der Waals surface area contributed by atoms with Crippen molar-refractivity contribution in [2.75, 3.05) is 17.1 Å². The highest BCUT2D eigenvalue weighted by molar-refractivity contribution is 7.92. The third kappa shape index (κ3) is 7.61. The zero-order chi connectivity index (χ0) is 25.5. The van der Waals surface area contributed by atoms with Crippen molar-refractivity contribution in [2.45, 2.75) is 52.2 Å². The quantitative estimate of drug-likeness (QED) is 0.466. The van der Waals surface area contributed by atoms with Crippen LogP contribution in [0.3, 0.4) is 0 Å². The highest BCUT2D eigenvalue weighted by Gasteiger charge is 2.32. The number of rotatable bonds is 11. The highest BCUT2D eigenvalue weighted by Crippen LogP contribution is 2.30. The molecule has 2 aromatic rings. The average Bonchev–Trinajstić information content (AvgIpc) is 2.77. The number of nitrogens with one attached hydrogen (secondary N) is 1. The summed E-state index contributed by atoms with van der Waals surface area (Å²) in [5.74, 6) is -0.803. The van der Waals surface area contributed by atoms with Crippen molar-refractivity contribution >= 4 is 50.7 Å². The Morgan fingerprint density at radius 2 is 1.68 bits per heavy atom. The van der Waals surface area contributed by atoms with Gasteiger partial charge in [-0.25, -0.2) is 8.42 Å². The van der Waals surface area contributed by atoms with Crippen molar-refractivity contribution in [3.8, 4) is 0 Å². The van der Waals surface area contributed by atoms with Crippen molar-refractivity contribution in [1.29, 1.82) is 0 Å². The van der Waals surface area contributed by atoms with Gasteiger partial charge < -0.3 is 10.2 Å². The first-order chi connectivity index (χ1) is 16.0. The fourth-order valence-electron chi connectivity index (χ4n) is 3.42. The van der Waals surface area contributed by atoms with Gasteiger partial charge in [-0.1, -0.05) is 67.4 Å². The number of hydrogen-bond acceptors (Lipinski definition) is 4. The van der Waals surface area contributed by atoms with Crippen LogP contribution >= 0.6 is 23.2 Å². The molecule has 34 heavy (non-hydrogen) atoms. The van der Waals surface area contributed by atoms with Gasteiger partial charge in [0.15, 0.2) is 0 Å². The molecule has 2 rings (SSSR count). The van der Waals surface area contributed by atoms with Crippen LogP contribution in [-0.4, -0.2) is 50.0 Å². The summed E-state index contributed by atoms with van der Waals surface area (Å²) in [6.45, 7) is 5.30. The van der Waals surface area contributed by atoms with Gasteiger partial charge in [-0.15, -0.1) is 0 Å². The molecular weight excluding hydrogens is 497 g/mol. The second-order valence-electron chi connectivity index (χ2n) is 8.11. The molecule has 0 heterocycles. The maximum Gasteiger partial charge on any atom is 0.244 e. The third-order valence-corrected chi connectivity index (χ3v) is 7.10. The summed E-state index contributed by atoms with van der Waals surface area (Å²) in [5, 5.41) is 3.37. The molecule has 0 fully saturated rings. The summed E-state index contributed by atoms with van der Waals surface area (Å²) in [4.78, 5) is 28.1. The molecule has 2 amide bonds. The van der Waals surface area contributed by atoms with E-state index < -0.39 is 28.5 Å². The van der Waals surface area contributed by atoms with Crippen LogP contribution in [0.1, 0.15) is 39.2 Å². The molecule has 2 atom stereocenters. The molecule has 0 aromatic heterocycles. The predicted molar refractivity (Wildman–Crippen MR) is 138 cm³/mol. The molecule has 0 unspecified atom stereocenters. The van der Waals surface area contributed by atoms with Crippen LogP contribution in [0.25, 0.3) is 0 Å². The summed E-state index contributed by atoms with van der Waals surface area (Å²) in [6.07, 6.45) is 2.10.